The van der Waals surface area contributed by atoms with Gasteiger partial charge in [0.25, 0.3) is 5.91 Å². The van der Waals surface area contributed by atoms with E-state index in [1.807, 2.05) is 48.5 Å². The molecule has 3 aromatic carbocycles. The van der Waals surface area contributed by atoms with Crippen LogP contribution in [-0.2, 0) is 17.4 Å². The van der Waals surface area contributed by atoms with Crippen molar-refractivity contribution in [1.82, 2.24) is 9.80 Å². The minimum absolute atomic E-state index is 0.0714. The maximum Gasteiger partial charge on any atom is 0.416 e. The molecular weight excluding hydrogens is 529 g/mol. The van der Waals surface area contributed by atoms with E-state index in [4.69, 9.17) is 0 Å². The minimum atomic E-state index is -4.38. The highest BCUT2D eigenvalue weighted by atomic mass is 19.4. The number of alkyl halides is 3. The molecule has 0 spiro atoms. The van der Waals surface area contributed by atoms with Gasteiger partial charge in [0.05, 0.1) is 12.0 Å². The Kier molecular flexibility index (Phi) is 8.63. The lowest BCUT2D eigenvalue weighted by Gasteiger charge is -2.34. The van der Waals surface area contributed by atoms with E-state index in [9.17, 15) is 22.8 Å². The molecule has 1 N–H and O–H groups in total. The Bertz CT molecular complexity index is 1330. The standard InChI is InChI=1S/C32H35F3N4O2/c1-37-18-20-38(21-19-37)29-12-6-26(7-13-29)31(41)36-28-10-4-24(5-11-28)25-14-16-39(17-15-25)30(40)22-23-2-8-27(9-3-23)32(33,34)35/h2-13,25H,14-22H2,1H3,(H,36,41). The van der Waals surface area contributed by atoms with Crippen LogP contribution in [0.4, 0.5) is 24.5 Å². The molecule has 0 aromatic heterocycles. The van der Waals surface area contributed by atoms with Crippen molar-refractivity contribution in [3.05, 3.63) is 95.1 Å². The Labute approximate surface area is 238 Å². The molecule has 2 aliphatic heterocycles. The molecule has 0 bridgehead atoms. The highest BCUT2D eigenvalue weighted by Gasteiger charge is 2.30. The van der Waals surface area contributed by atoms with E-state index < -0.39 is 11.7 Å². The number of nitrogens with zero attached hydrogens (tertiary/aromatic N) is 3. The monoisotopic (exact) mass is 564 g/mol. The first-order valence-corrected chi connectivity index (χ1v) is 14.0. The van der Waals surface area contributed by atoms with Gasteiger partial charge in [0, 0.05) is 56.2 Å². The highest BCUT2D eigenvalue weighted by molar-refractivity contribution is 6.04. The highest BCUT2D eigenvalue weighted by Crippen LogP contribution is 2.31. The molecule has 0 atom stereocenters. The summed E-state index contributed by atoms with van der Waals surface area (Å²) in [6, 6.07) is 20.4. The molecule has 2 amide bonds. The van der Waals surface area contributed by atoms with Crippen molar-refractivity contribution in [2.24, 2.45) is 0 Å². The number of anilines is 2. The summed E-state index contributed by atoms with van der Waals surface area (Å²) in [5.41, 5.74) is 3.50. The lowest BCUT2D eigenvalue weighted by molar-refractivity contribution is -0.137. The number of hydrogen-bond acceptors (Lipinski definition) is 4. The summed E-state index contributed by atoms with van der Waals surface area (Å²) in [6.45, 7) is 5.22. The molecule has 41 heavy (non-hydrogen) atoms. The number of carbonyl (C=O) groups excluding carboxylic acids is 2. The Morgan fingerprint density at radius 2 is 1.41 bits per heavy atom. The number of benzene rings is 3. The van der Waals surface area contributed by atoms with E-state index in [2.05, 4.69) is 22.2 Å². The molecule has 5 rings (SSSR count). The van der Waals surface area contributed by atoms with Crippen LogP contribution in [0.1, 0.15) is 45.8 Å². The van der Waals surface area contributed by atoms with Crippen molar-refractivity contribution in [3.63, 3.8) is 0 Å². The number of likely N-dealkylation sites (N-methyl/N-ethyl adjacent to an activating group) is 1. The first kappa shape index (κ1) is 28.7. The van der Waals surface area contributed by atoms with Crippen LogP contribution in [0.3, 0.4) is 0 Å². The maximum atomic E-state index is 12.8. The summed E-state index contributed by atoms with van der Waals surface area (Å²) in [7, 11) is 2.13. The van der Waals surface area contributed by atoms with Crippen molar-refractivity contribution in [2.75, 3.05) is 56.5 Å². The van der Waals surface area contributed by atoms with Gasteiger partial charge in [-0.25, -0.2) is 0 Å². The first-order valence-electron chi connectivity index (χ1n) is 14.0. The van der Waals surface area contributed by atoms with Crippen LogP contribution in [0, 0.1) is 0 Å². The lowest BCUT2D eigenvalue weighted by Crippen LogP contribution is -2.44. The van der Waals surface area contributed by atoms with Gasteiger partial charge in [0.15, 0.2) is 0 Å². The van der Waals surface area contributed by atoms with Crippen LogP contribution >= 0.6 is 0 Å². The molecule has 0 unspecified atom stereocenters. The Balaban J connectivity index is 1.09. The van der Waals surface area contributed by atoms with Crippen molar-refractivity contribution >= 4 is 23.2 Å². The summed E-state index contributed by atoms with van der Waals surface area (Å²) in [5.74, 6) is 0.0809. The topological polar surface area (TPSA) is 55.9 Å². The van der Waals surface area contributed by atoms with Gasteiger partial charge in [-0.05, 0) is 85.5 Å². The quantitative estimate of drug-likeness (QED) is 0.420. The zero-order chi connectivity index (χ0) is 29.0. The van der Waals surface area contributed by atoms with Crippen LogP contribution in [0.25, 0.3) is 0 Å². The zero-order valence-corrected chi connectivity index (χ0v) is 23.2. The maximum absolute atomic E-state index is 12.8. The molecule has 6 nitrogen and oxygen atoms in total. The third-order valence-corrected chi connectivity index (χ3v) is 8.12. The number of piperazine rings is 1. The molecule has 0 aliphatic carbocycles. The van der Waals surface area contributed by atoms with Crippen molar-refractivity contribution in [3.8, 4) is 0 Å². The van der Waals surface area contributed by atoms with Gasteiger partial charge in [0.2, 0.25) is 5.91 Å². The number of halogens is 3. The second-order valence-corrected chi connectivity index (χ2v) is 10.9. The SMILES string of the molecule is CN1CCN(c2ccc(C(=O)Nc3ccc(C4CCN(C(=O)Cc5ccc(C(F)(F)F)cc5)CC4)cc3)cc2)CC1. The fourth-order valence-corrected chi connectivity index (χ4v) is 5.49. The number of amides is 2. The van der Waals surface area contributed by atoms with Crippen molar-refractivity contribution in [1.29, 1.82) is 0 Å². The van der Waals surface area contributed by atoms with Gasteiger partial charge in [-0.15, -0.1) is 0 Å². The van der Waals surface area contributed by atoms with Gasteiger partial charge in [0.1, 0.15) is 0 Å². The third kappa shape index (κ3) is 7.27. The molecule has 0 radical (unpaired) electrons. The van der Waals surface area contributed by atoms with Crippen LogP contribution < -0.4 is 10.2 Å². The smallest absolute Gasteiger partial charge is 0.369 e. The third-order valence-electron chi connectivity index (χ3n) is 8.12. The molecule has 216 valence electrons. The molecule has 0 saturated carbocycles. The van der Waals surface area contributed by atoms with Crippen LogP contribution in [-0.4, -0.2) is 67.9 Å². The van der Waals surface area contributed by atoms with Crippen molar-refractivity contribution < 1.29 is 22.8 Å². The van der Waals surface area contributed by atoms with Gasteiger partial charge < -0.3 is 20.0 Å². The molecule has 2 aliphatic rings. The normalized spacial score (nSPS) is 17.0. The van der Waals surface area contributed by atoms with E-state index in [1.165, 1.54) is 12.1 Å². The number of likely N-dealkylation sites (tertiary alicyclic amines) is 1. The van der Waals surface area contributed by atoms with Crippen molar-refractivity contribution in [2.45, 2.75) is 31.4 Å². The first-order chi connectivity index (χ1) is 19.7. The average molecular weight is 565 g/mol. The predicted octanol–water partition coefficient (Wildman–Crippen LogP) is 5.66. The van der Waals surface area contributed by atoms with Gasteiger partial charge >= 0.3 is 6.18 Å². The summed E-state index contributed by atoms with van der Waals surface area (Å²) < 4.78 is 38.3. The second-order valence-electron chi connectivity index (χ2n) is 10.9. The van der Waals surface area contributed by atoms with E-state index in [-0.39, 0.29) is 18.2 Å². The summed E-state index contributed by atoms with van der Waals surface area (Å²) >= 11 is 0. The summed E-state index contributed by atoms with van der Waals surface area (Å²) in [5, 5.41) is 2.98. The number of piperidine rings is 1. The molecular formula is C32H35F3N4O2. The van der Waals surface area contributed by atoms with Gasteiger partial charge in [-0.2, -0.15) is 13.2 Å². The van der Waals surface area contributed by atoms with Crippen LogP contribution in [0.5, 0.6) is 0 Å². The number of carbonyl (C=O) groups is 2. The number of hydrogen-bond donors (Lipinski definition) is 1. The Morgan fingerprint density at radius 3 is 2.00 bits per heavy atom. The average Bonchev–Trinajstić information content (AvgIpc) is 2.98. The predicted molar refractivity (Wildman–Crippen MR) is 154 cm³/mol. The summed E-state index contributed by atoms with van der Waals surface area (Å²) in [6.07, 6.45) is -2.67. The van der Waals surface area contributed by atoms with E-state index >= 15 is 0 Å². The molecule has 2 saturated heterocycles. The molecule has 3 aromatic rings. The summed E-state index contributed by atoms with van der Waals surface area (Å²) in [4.78, 5) is 32.0. The van der Waals surface area contributed by atoms with Gasteiger partial charge in [-0.3, -0.25) is 9.59 Å². The Morgan fingerprint density at radius 1 is 0.805 bits per heavy atom. The molecule has 2 fully saturated rings. The number of rotatable bonds is 6. The van der Waals surface area contributed by atoms with E-state index in [0.717, 1.165) is 68.1 Å². The number of nitrogens with one attached hydrogen (secondary N) is 1. The fourth-order valence-electron chi connectivity index (χ4n) is 5.49. The van der Waals surface area contributed by atoms with Crippen LogP contribution in [0.15, 0.2) is 72.8 Å². The largest absolute Gasteiger partial charge is 0.416 e. The van der Waals surface area contributed by atoms with Crippen LogP contribution in [0.2, 0.25) is 0 Å². The minimum Gasteiger partial charge on any atom is -0.369 e. The fraction of sp³-hybridized carbons (Fsp3) is 0.375. The van der Waals surface area contributed by atoms with Gasteiger partial charge in [-0.1, -0.05) is 24.3 Å². The van der Waals surface area contributed by atoms with E-state index in [1.54, 1.807) is 4.90 Å². The molecule has 2 heterocycles. The molecule has 9 heteroatoms. The second kappa shape index (κ2) is 12.3. The van der Waals surface area contributed by atoms with E-state index in [0.29, 0.717) is 30.1 Å². The Hall–Kier alpha value is -3.85. The lowest BCUT2D eigenvalue weighted by atomic mass is 9.89. The zero-order valence-electron chi connectivity index (χ0n) is 23.2.